The van der Waals surface area contributed by atoms with Crippen molar-refractivity contribution in [1.29, 1.82) is 0 Å². The quantitative estimate of drug-likeness (QED) is 0.799. The predicted molar refractivity (Wildman–Crippen MR) is 74.5 cm³/mol. The molecule has 100 valence electrons. The predicted octanol–water partition coefficient (Wildman–Crippen LogP) is 2.70. The van der Waals surface area contributed by atoms with Gasteiger partial charge in [-0.2, -0.15) is 0 Å². The molecule has 1 aromatic heterocycles. The maximum atomic E-state index is 11.3. The standard InChI is InChI=1S/C10H12N2O2S.C3H8/c1-7-11-9-6-8(15(3,13)14)4-5-10(9)12(7)2;1-3-2/h4-6H,1-3H3;3H2,1-2H3. The molecule has 0 fully saturated rings. The molecule has 0 N–H and O–H groups in total. The molecule has 5 heteroatoms. The van der Waals surface area contributed by atoms with E-state index in [1.165, 1.54) is 12.7 Å². The van der Waals surface area contributed by atoms with Gasteiger partial charge in [-0.25, -0.2) is 13.4 Å². The van der Waals surface area contributed by atoms with E-state index in [0.717, 1.165) is 16.9 Å². The van der Waals surface area contributed by atoms with E-state index in [0.29, 0.717) is 4.90 Å². The molecule has 0 amide bonds. The monoisotopic (exact) mass is 268 g/mol. The van der Waals surface area contributed by atoms with Crippen molar-refractivity contribution in [2.45, 2.75) is 32.1 Å². The number of nitrogens with zero attached hydrogens (tertiary/aromatic N) is 2. The second kappa shape index (κ2) is 5.52. The van der Waals surface area contributed by atoms with E-state index in [1.54, 1.807) is 18.2 Å². The lowest BCUT2D eigenvalue weighted by Crippen LogP contribution is -1.96. The number of sulfone groups is 1. The highest BCUT2D eigenvalue weighted by molar-refractivity contribution is 7.90. The third-order valence-corrected chi connectivity index (χ3v) is 3.61. The van der Waals surface area contributed by atoms with Crippen molar-refractivity contribution in [3.8, 4) is 0 Å². The third kappa shape index (κ3) is 3.10. The molecule has 18 heavy (non-hydrogen) atoms. The van der Waals surface area contributed by atoms with Gasteiger partial charge in [0.1, 0.15) is 5.82 Å². The highest BCUT2D eigenvalue weighted by atomic mass is 32.2. The average Bonchev–Trinajstić information content (AvgIpc) is 2.54. The lowest BCUT2D eigenvalue weighted by Gasteiger charge is -1.98. The largest absolute Gasteiger partial charge is 0.331 e. The summed E-state index contributed by atoms with van der Waals surface area (Å²) < 4.78 is 24.6. The van der Waals surface area contributed by atoms with Crippen LogP contribution in [0.15, 0.2) is 23.1 Å². The van der Waals surface area contributed by atoms with Crippen LogP contribution in [-0.2, 0) is 16.9 Å². The van der Waals surface area contributed by atoms with Gasteiger partial charge >= 0.3 is 0 Å². The Morgan fingerprint density at radius 3 is 2.33 bits per heavy atom. The third-order valence-electron chi connectivity index (χ3n) is 2.50. The Kier molecular flexibility index (Phi) is 4.51. The number of aromatic nitrogens is 2. The average molecular weight is 268 g/mol. The first-order valence-corrected chi connectivity index (χ1v) is 7.83. The molecule has 0 aliphatic heterocycles. The van der Waals surface area contributed by atoms with Crippen LogP contribution in [0, 0.1) is 6.92 Å². The molecule has 0 saturated heterocycles. The minimum atomic E-state index is -3.15. The van der Waals surface area contributed by atoms with E-state index >= 15 is 0 Å². The molecular formula is C13H20N2O2S. The molecule has 0 bridgehead atoms. The second-order valence-electron chi connectivity index (χ2n) is 4.35. The van der Waals surface area contributed by atoms with Gasteiger partial charge in [0.05, 0.1) is 15.9 Å². The number of imidazole rings is 1. The molecule has 0 aliphatic carbocycles. The van der Waals surface area contributed by atoms with E-state index in [9.17, 15) is 8.42 Å². The minimum Gasteiger partial charge on any atom is -0.331 e. The van der Waals surface area contributed by atoms with E-state index in [2.05, 4.69) is 18.8 Å². The van der Waals surface area contributed by atoms with Crippen molar-refractivity contribution in [1.82, 2.24) is 9.55 Å². The van der Waals surface area contributed by atoms with Gasteiger partial charge in [0.25, 0.3) is 0 Å². The summed E-state index contributed by atoms with van der Waals surface area (Å²) in [4.78, 5) is 4.60. The Labute approximate surface area is 109 Å². The van der Waals surface area contributed by atoms with Gasteiger partial charge in [-0.1, -0.05) is 20.3 Å². The molecular weight excluding hydrogens is 248 g/mol. The number of rotatable bonds is 1. The second-order valence-corrected chi connectivity index (χ2v) is 6.36. The van der Waals surface area contributed by atoms with Crippen LogP contribution in [0.5, 0.6) is 0 Å². The molecule has 0 unspecified atom stereocenters. The first kappa shape index (κ1) is 14.7. The van der Waals surface area contributed by atoms with Crippen LogP contribution in [0.1, 0.15) is 26.1 Å². The van der Waals surface area contributed by atoms with E-state index < -0.39 is 9.84 Å². The van der Waals surface area contributed by atoms with Crippen LogP contribution < -0.4 is 0 Å². The number of aryl methyl sites for hydroxylation is 2. The molecule has 1 aromatic carbocycles. The topological polar surface area (TPSA) is 52.0 Å². The summed E-state index contributed by atoms with van der Waals surface area (Å²) in [6, 6.07) is 5.00. The summed E-state index contributed by atoms with van der Waals surface area (Å²) in [6.07, 6.45) is 2.45. The summed E-state index contributed by atoms with van der Waals surface area (Å²) in [5, 5.41) is 0. The smallest absolute Gasteiger partial charge is 0.175 e. The molecule has 2 rings (SSSR count). The van der Waals surface area contributed by atoms with Crippen molar-refractivity contribution in [3.63, 3.8) is 0 Å². The maximum Gasteiger partial charge on any atom is 0.175 e. The molecule has 2 aromatic rings. The van der Waals surface area contributed by atoms with E-state index in [1.807, 2.05) is 18.5 Å². The van der Waals surface area contributed by atoms with Gasteiger partial charge in [-0.05, 0) is 25.1 Å². The van der Waals surface area contributed by atoms with Gasteiger partial charge in [0, 0.05) is 13.3 Å². The van der Waals surface area contributed by atoms with Gasteiger partial charge in [0.2, 0.25) is 0 Å². The fraction of sp³-hybridized carbons (Fsp3) is 0.462. The summed E-state index contributed by atoms with van der Waals surface area (Å²) in [5.41, 5.74) is 1.66. The fourth-order valence-corrected chi connectivity index (χ4v) is 2.17. The Hall–Kier alpha value is -1.36. The Balaban J connectivity index is 0.000000492. The molecule has 4 nitrogen and oxygen atoms in total. The summed E-state index contributed by atoms with van der Waals surface area (Å²) in [5.74, 6) is 0.871. The summed E-state index contributed by atoms with van der Waals surface area (Å²) in [6.45, 7) is 6.14. The normalized spacial score (nSPS) is 11.2. The molecule has 0 radical (unpaired) electrons. The first-order chi connectivity index (χ1) is 8.31. The van der Waals surface area contributed by atoms with Crippen LogP contribution in [0.25, 0.3) is 11.0 Å². The number of benzene rings is 1. The highest BCUT2D eigenvalue weighted by Gasteiger charge is 2.10. The zero-order valence-electron chi connectivity index (χ0n) is 11.6. The summed E-state index contributed by atoms with van der Waals surface area (Å²) >= 11 is 0. The van der Waals surface area contributed by atoms with Gasteiger partial charge < -0.3 is 4.57 Å². The van der Waals surface area contributed by atoms with Gasteiger partial charge in [-0.3, -0.25) is 0 Å². The van der Waals surface area contributed by atoms with Crippen molar-refractivity contribution in [3.05, 3.63) is 24.0 Å². The van der Waals surface area contributed by atoms with E-state index in [4.69, 9.17) is 0 Å². The number of fused-ring (bicyclic) bond motifs is 1. The Morgan fingerprint density at radius 2 is 1.83 bits per heavy atom. The molecule has 0 saturated carbocycles. The Morgan fingerprint density at radius 1 is 1.28 bits per heavy atom. The number of hydrogen-bond donors (Lipinski definition) is 0. The fourth-order valence-electron chi connectivity index (χ4n) is 1.53. The van der Waals surface area contributed by atoms with Gasteiger partial charge in [-0.15, -0.1) is 0 Å². The molecule has 0 spiro atoms. The highest BCUT2D eigenvalue weighted by Crippen LogP contribution is 2.18. The lowest BCUT2D eigenvalue weighted by molar-refractivity contribution is 0.602. The van der Waals surface area contributed by atoms with Crippen molar-refractivity contribution in [2.75, 3.05) is 6.26 Å². The van der Waals surface area contributed by atoms with Crippen LogP contribution >= 0.6 is 0 Å². The zero-order chi connectivity index (χ0) is 13.9. The van der Waals surface area contributed by atoms with Gasteiger partial charge in [0.15, 0.2) is 9.84 Å². The van der Waals surface area contributed by atoms with Crippen molar-refractivity contribution < 1.29 is 8.42 Å². The van der Waals surface area contributed by atoms with Crippen LogP contribution in [-0.4, -0.2) is 24.2 Å². The lowest BCUT2D eigenvalue weighted by atomic mass is 10.3. The molecule has 0 aliphatic rings. The van der Waals surface area contributed by atoms with Crippen molar-refractivity contribution >= 4 is 20.9 Å². The SMILES string of the molecule is CCC.Cc1nc2cc(S(C)(=O)=O)ccc2n1C. The first-order valence-electron chi connectivity index (χ1n) is 5.94. The molecule has 0 atom stereocenters. The van der Waals surface area contributed by atoms with Crippen LogP contribution in [0.3, 0.4) is 0 Å². The Bertz CT molecular complexity index is 642. The summed E-state index contributed by atoms with van der Waals surface area (Å²) in [7, 11) is -1.24. The minimum absolute atomic E-state index is 0.313. The maximum absolute atomic E-state index is 11.3. The van der Waals surface area contributed by atoms with Crippen LogP contribution in [0.4, 0.5) is 0 Å². The van der Waals surface area contributed by atoms with Crippen LogP contribution in [0.2, 0.25) is 0 Å². The van der Waals surface area contributed by atoms with Crippen molar-refractivity contribution in [2.24, 2.45) is 7.05 Å². The zero-order valence-corrected chi connectivity index (χ0v) is 12.4. The van der Waals surface area contributed by atoms with E-state index in [-0.39, 0.29) is 0 Å². The number of hydrogen-bond acceptors (Lipinski definition) is 3. The molecule has 1 heterocycles.